The molecule has 2 heterocycles. The molecule has 130 valence electrons. The summed E-state index contributed by atoms with van der Waals surface area (Å²) in [6.45, 7) is 1.62. The van der Waals surface area contributed by atoms with E-state index in [0.717, 1.165) is 25.7 Å². The first-order valence-electron chi connectivity index (χ1n) is 8.42. The van der Waals surface area contributed by atoms with Crippen molar-refractivity contribution in [2.24, 2.45) is 0 Å². The van der Waals surface area contributed by atoms with Crippen LogP contribution in [0.5, 0.6) is 0 Å². The number of thiophene rings is 1. The number of nitrogens with one attached hydrogen (secondary N) is 1. The number of aryl methyl sites for hydroxylation is 1. The Morgan fingerprint density at radius 3 is 2.92 bits per heavy atom. The standard InChI is InChI=1S/C18H18FN3O2S/c1-10-20-16-15-12(19)7-4-8-13(15)25-17(16)18(24)22(10)9-14(23)21-11-5-2-3-6-11/h4,7-8,11H,2-3,5-6,9H2,1H3,(H,21,23). The molecular weight excluding hydrogens is 341 g/mol. The van der Waals surface area contributed by atoms with Gasteiger partial charge in [-0.15, -0.1) is 11.3 Å². The number of hydrogen-bond donors (Lipinski definition) is 1. The van der Waals surface area contributed by atoms with E-state index in [2.05, 4.69) is 10.3 Å². The lowest BCUT2D eigenvalue weighted by Gasteiger charge is -2.14. The van der Waals surface area contributed by atoms with Gasteiger partial charge in [0.1, 0.15) is 22.9 Å². The van der Waals surface area contributed by atoms with Crippen LogP contribution in [0.2, 0.25) is 0 Å². The minimum absolute atomic E-state index is 0.0547. The van der Waals surface area contributed by atoms with Crippen molar-refractivity contribution in [1.29, 1.82) is 0 Å². The van der Waals surface area contributed by atoms with Crippen molar-refractivity contribution >= 4 is 37.5 Å². The van der Waals surface area contributed by atoms with E-state index in [4.69, 9.17) is 0 Å². The first kappa shape index (κ1) is 16.2. The lowest BCUT2D eigenvalue weighted by molar-refractivity contribution is -0.122. The van der Waals surface area contributed by atoms with Gasteiger partial charge in [-0.25, -0.2) is 9.37 Å². The van der Waals surface area contributed by atoms with Crippen LogP contribution in [0, 0.1) is 12.7 Å². The zero-order valence-electron chi connectivity index (χ0n) is 13.8. The Labute approximate surface area is 147 Å². The Morgan fingerprint density at radius 2 is 2.16 bits per heavy atom. The Bertz CT molecular complexity index is 1030. The zero-order valence-corrected chi connectivity index (χ0v) is 14.7. The third-order valence-electron chi connectivity index (χ3n) is 4.76. The van der Waals surface area contributed by atoms with E-state index in [1.54, 1.807) is 19.1 Å². The van der Waals surface area contributed by atoms with Gasteiger partial charge in [0, 0.05) is 10.7 Å². The molecule has 1 fully saturated rings. The molecule has 1 aliphatic carbocycles. The second kappa shape index (κ2) is 6.22. The van der Waals surface area contributed by atoms with Crippen molar-refractivity contribution in [2.75, 3.05) is 0 Å². The minimum Gasteiger partial charge on any atom is -0.352 e. The average Bonchev–Trinajstić information content (AvgIpc) is 3.20. The summed E-state index contributed by atoms with van der Waals surface area (Å²) < 4.78 is 16.6. The van der Waals surface area contributed by atoms with Gasteiger partial charge in [0.15, 0.2) is 0 Å². The molecule has 4 rings (SSSR count). The van der Waals surface area contributed by atoms with E-state index in [1.165, 1.54) is 22.0 Å². The van der Waals surface area contributed by atoms with Gasteiger partial charge in [0.05, 0.1) is 10.9 Å². The van der Waals surface area contributed by atoms with E-state index >= 15 is 0 Å². The van der Waals surface area contributed by atoms with E-state index in [9.17, 15) is 14.0 Å². The summed E-state index contributed by atoms with van der Waals surface area (Å²) in [7, 11) is 0. The molecule has 1 N–H and O–H groups in total. The van der Waals surface area contributed by atoms with E-state index < -0.39 is 0 Å². The number of hydrogen-bond acceptors (Lipinski definition) is 4. The molecular formula is C18H18FN3O2S. The van der Waals surface area contributed by atoms with Crippen LogP contribution in [0.4, 0.5) is 4.39 Å². The SMILES string of the molecule is Cc1nc2c(sc3cccc(F)c32)c(=O)n1CC(=O)NC1CCCC1. The molecule has 25 heavy (non-hydrogen) atoms. The van der Waals surface area contributed by atoms with Crippen LogP contribution in [-0.4, -0.2) is 21.5 Å². The van der Waals surface area contributed by atoms with Crippen LogP contribution in [0.25, 0.3) is 20.3 Å². The van der Waals surface area contributed by atoms with E-state index in [0.29, 0.717) is 26.1 Å². The molecule has 1 aromatic carbocycles. The third-order valence-corrected chi connectivity index (χ3v) is 5.90. The Kier molecular flexibility index (Phi) is 4.03. The molecule has 3 aromatic rings. The summed E-state index contributed by atoms with van der Waals surface area (Å²) in [6.07, 6.45) is 4.24. The maximum atomic E-state index is 14.1. The first-order valence-corrected chi connectivity index (χ1v) is 9.24. The van der Waals surface area contributed by atoms with Crippen LogP contribution in [0.1, 0.15) is 31.5 Å². The van der Waals surface area contributed by atoms with Gasteiger partial charge in [-0.1, -0.05) is 18.9 Å². The number of carbonyl (C=O) groups is 1. The quantitative estimate of drug-likeness (QED) is 0.781. The zero-order chi connectivity index (χ0) is 17.6. The summed E-state index contributed by atoms with van der Waals surface area (Å²) in [4.78, 5) is 29.5. The highest BCUT2D eigenvalue weighted by molar-refractivity contribution is 7.25. The van der Waals surface area contributed by atoms with E-state index in [-0.39, 0.29) is 29.9 Å². The van der Waals surface area contributed by atoms with Gasteiger partial charge in [-0.2, -0.15) is 0 Å². The van der Waals surface area contributed by atoms with Crippen LogP contribution in [-0.2, 0) is 11.3 Å². The van der Waals surface area contributed by atoms with Gasteiger partial charge >= 0.3 is 0 Å². The number of fused-ring (bicyclic) bond motifs is 3. The van der Waals surface area contributed by atoms with Crippen LogP contribution < -0.4 is 10.9 Å². The monoisotopic (exact) mass is 359 g/mol. The molecule has 1 amide bonds. The van der Waals surface area contributed by atoms with Gasteiger partial charge in [0.25, 0.3) is 5.56 Å². The Morgan fingerprint density at radius 1 is 1.40 bits per heavy atom. The second-order valence-electron chi connectivity index (χ2n) is 6.49. The predicted molar refractivity (Wildman–Crippen MR) is 96.5 cm³/mol. The largest absolute Gasteiger partial charge is 0.352 e. The van der Waals surface area contributed by atoms with Crippen LogP contribution in [0.15, 0.2) is 23.0 Å². The average molecular weight is 359 g/mol. The lowest BCUT2D eigenvalue weighted by Crippen LogP contribution is -2.38. The van der Waals surface area contributed by atoms with Crippen molar-refractivity contribution in [3.05, 3.63) is 40.2 Å². The number of benzene rings is 1. The summed E-state index contributed by atoms with van der Waals surface area (Å²) in [5, 5.41) is 3.36. The number of aromatic nitrogens is 2. The van der Waals surface area contributed by atoms with Crippen molar-refractivity contribution in [1.82, 2.24) is 14.9 Å². The smallest absolute Gasteiger partial charge is 0.272 e. The molecule has 1 aliphatic rings. The first-order chi connectivity index (χ1) is 12.0. The van der Waals surface area contributed by atoms with Crippen molar-refractivity contribution in [3.63, 3.8) is 0 Å². The molecule has 0 unspecified atom stereocenters. The fraction of sp³-hybridized carbons (Fsp3) is 0.389. The molecule has 0 aliphatic heterocycles. The van der Waals surface area contributed by atoms with Gasteiger partial charge in [0.2, 0.25) is 5.91 Å². The number of amides is 1. The molecule has 5 nitrogen and oxygen atoms in total. The molecule has 2 aromatic heterocycles. The fourth-order valence-corrected chi connectivity index (χ4v) is 4.61. The maximum Gasteiger partial charge on any atom is 0.272 e. The Hall–Kier alpha value is -2.28. The molecule has 0 saturated heterocycles. The van der Waals surface area contributed by atoms with Gasteiger partial charge in [-0.3, -0.25) is 14.2 Å². The molecule has 0 spiro atoms. The second-order valence-corrected chi connectivity index (χ2v) is 7.54. The Balaban J connectivity index is 1.74. The molecule has 7 heteroatoms. The fourth-order valence-electron chi connectivity index (χ4n) is 3.51. The highest BCUT2D eigenvalue weighted by Gasteiger charge is 2.20. The minimum atomic E-state index is -0.383. The van der Waals surface area contributed by atoms with Gasteiger partial charge < -0.3 is 5.32 Å². The molecule has 0 radical (unpaired) electrons. The summed E-state index contributed by atoms with van der Waals surface area (Å²) in [6, 6.07) is 4.97. The molecule has 0 bridgehead atoms. The normalized spacial score (nSPS) is 15.3. The van der Waals surface area contributed by atoms with E-state index in [1.807, 2.05) is 0 Å². The van der Waals surface area contributed by atoms with Crippen LogP contribution in [0.3, 0.4) is 0 Å². The maximum absolute atomic E-state index is 14.1. The number of rotatable bonds is 3. The summed E-state index contributed by atoms with van der Waals surface area (Å²) >= 11 is 1.22. The van der Waals surface area contributed by atoms with Gasteiger partial charge in [-0.05, 0) is 31.9 Å². The number of halogens is 1. The third kappa shape index (κ3) is 2.82. The summed E-state index contributed by atoms with van der Waals surface area (Å²) in [5.74, 6) is -0.139. The molecule has 1 saturated carbocycles. The number of carbonyl (C=O) groups excluding carboxylic acids is 1. The summed E-state index contributed by atoms with van der Waals surface area (Å²) in [5.41, 5.74) is 0.0951. The van der Waals surface area contributed by atoms with Crippen LogP contribution >= 0.6 is 11.3 Å². The van der Waals surface area contributed by atoms with Crippen molar-refractivity contribution in [2.45, 2.75) is 45.2 Å². The molecule has 0 atom stereocenters. The van der Waals surface area contributed by atoms with Crippen molar-refractivity contribution in [3.8, 4) is 0 Å². The lowest BCUT2D eigenvalue weighted by atomic mass is 10.2. The highest BCUT2D eigenvalue weighted by atomic mass is 32.1. The predicted octanol–water partition coefficient (Wildman–Crippen LogP) is 3.12. The highest BCUT2D eigenvalue weighted by Crippen LogP contribution is 2.32. The number of nitrogens with zero attached hydrogens (tertiary/aromatic N) is 2. The van der Waals surface area contributed by atoms with Crippen molar-refractivity contribution < 1.29 is 9.18 Å². The topological polar surface area (TPSA) is 64.0 Å².